The number of hydrogen-bond acceptors (Lipinski definition) is 5. The lowest BCUT2D eigenvalue weighted by atomic mass is 9.95. The number of anilines is 1. The van der Waals surface area contributed by atoms with Crippen molar-refractivity contribution in [2.24, 2.45) is 0 Å². The van der Waals surface area contributed by atoms with Crippen LogP contribution in [-0.4, -0.2) is 28.9 Å². The number of hydrogen-bond donors (Lipinski definition) is 4. The van der Waals surface area contributed by atoms with Crippen LogP contribution in [0.1, 0.15) is 22.3 Å². The first-order valence-electron chi connectivity index (χ1n) is 10.9. The van der Waals surface area contributed by atoms with Crippen LogP contribution in [0, 0.1) is 0 Å². The summed E-state index contributed by atoms with van der Waals surface area (Å²) >= 11 is 12.2. The molecule has 0 aliphatic carbocycles. The third kappa shape index (κ3) is 6.05. The van der Waals surface area contributed by atoms with Crippen molar-refractivity contribution >= 4 is 40.8 Å². The van der Waals surface area contributed by atoms with Crippen molar-refractivity contribution in [3.8, 4) is 0 Å². The molecule has 176 valence electrons. The van der Waals surface area contributed by atoms with Gasteiger partial charge >= 0.3 is 0 Å². The van der Waals surface area contributed by atoms with E-state index in [2.05, 4.69) is 20.9 Å². The van der Waals surface area contributed by atoms with Gasteiger partial charge in [-0.25, -0.2) is 4.98 Å². The summed E-state index contributed by atoms with van der Waals surface area (Å²) in [7, 11) is 0. The standard InChI is InChI=1S/C25H25Cl2N5O2/c26-19-7-5-15(9-20(19)27)10-22(24(33)31-13-16-6-8-23(28)30-12-16)32-25(34)21-11-17-3-1-2-4-18(17)14-29-21/h1-9,12,21-22,29H,10-11,13-14H2,(H2,28,30)(H,31,33)(H,32,34)/t21-,22+/m0/s1. The molecule has 2 aromatic carbocycles. The Morgan fingerprint density at radius 3 is 2.56 bits per heavy atom. The maximum absolute atomic E-state index is 13.1. The molecule has 2 heterocycles. The number of amides is 2. The first-order chi connectivity index (χ1) is 16.4. The summed E-state index contributed by atoms with van der Waals surface area (Å²) in [6.45, 7) is 0.858. The molecule has 4 rings (SSSR count). The van der Waals surface area contributed by atoms with Crippen LogP contribution in [0.3, 0.4) is 0 Å². The summed E-state index contributed by atoms with van der Waals surface area (Å²) in [4.78, 5) is 30.3. The second kappa shape index (κ2) is 10.9. The number of carbonyl (C=O) groups is 2. The summed E-state index contributed by atoms with van der Waals surface area (Å²) in [6.07, 6.45) is 2.42. The van der Waals surface area contributed by atoms with E-state index in [1.54, 1.807) is 36.5 Å². The molecule has 0 spiro atoms. The molecule has 9 heteroatoms. The van der Waals surface area contributed by atoms with Crippen LogP contribution < -0.4 is 21.7 Å². The molecular weight excluding hydrogens is 473 g/mol. The minimum atomic E-state index is -0.801. The lowest BCUT2D eigenvalue weighted by Crippen LogP contribution is -2.54. The van der Waals surface area contributed by atoms with Crippen LogP contribution in [0.2, 0.25) is 10.0 Å². The van der Waals surface area contributed by atoms with Crippen molar-refractivity contribution in [3.63, 3.8) is 0 Å². The first kappa shape index (κ1) is 24.0. The molecular formula is C25H25Cl2N5O2. The monoisotopic (exact) mass is 497 g/mol. The first-order valence-corrected chi connectivity index (χ1v) is 11.7. The zero-order valence-electron chi connectivity index (χ0n) is 18.4. The normalized spacial score (nSPS) is 15.8. The maximum atomic E-state index is 13.1. The number of carbonyl (C=O) groups excluding carboxylic acids is 2. The Balaban J connectivity index is 1.46. The molecule has 5 N–H and O–H groups in total. The van der Waals surface area contributed by atoms with Crippen LogP contribution in [0.25, 0.3) is 0 Å². The molecule has 2 amide bonds. The molecule has 34 heavy (non-hydrogen) atoms. The average molecular weight is 498 g/mol. The van der Waals surface area contributed by atoms with Crippen LogP contribution in [0.15, 0.2) is 60.8 Å². The van der Waals surface area contributed by atoms with Crippen molar-refractivity contribution in [1.29, 1.82) is 0 Å². The minimum absolute atomic E-state index is 0.233. The van der Waals surface area contributed by atoms with Gasteiger partial charge in [0.25, 0.3) is 0 Å². The number of benzene rings is 2. The molecule has 0 saturated carbocycles. The maximum Gasteiger partial charge on any atom is 0.243 e. The lowest BCUT2D eigenvalue weighted by Gasteiger charge is -2.27. The van der Waals surface area contributed by atoms with Gasteiger partial charge in [0.1, 0.15) is 11.9 Å². The Labute approximate surface area is 208 Å². The van der Waals surface area contributed by atoms with E-state index in [1.165, 1.54) is 5.56 Å². The van der Waals surface area contributed by atoms with E-state index >= 15 is 0 Å². The van der Waals surface area contributed by atoms with Crippen molar-refractivity contribution in [2.75, 3.05) is 5.73 Å². The van der Waals surface area contributed by atoms with Gasteiger partial charge in [-0.3, -0.25) is 9.59 Å². The third-order valence-corrected chi connectivity index (χ3v) is 6.51. The molecule has 7 nitrogen and oxygen atoms in total. The highest BCUT2D eigenvalue weighted by atomic mass is 35.5. The molecule has 1 aliphatic heterocycles. The van der Waals surface area contributed by atoms with Crippen LogP contribution in [-0.2, 0) is 35.5 Å². The van der Waals surface area contributed by atoms with Crippen molar-refractivity contribution in [1.82, 2.24) is 20.9 Å². The number of fused-ring (bicyclic) bond motifs is 1. The Morgan fingerprint density at radius 1 is 1.06 bits per heavy atom. The van der Waals surface area contributed by atoms with Crippen LogP contribution >= 0.6 is 23.2 Å². The van der Waals surface area contributed by atoms with E-state index in [-0.39, 0.29) is 24.8 Å². The fraction of sp³-hybridized carbons (Fsp3) is 0.240. The van der Waals surface area contributed by atoms with Crippen molar-refractivity contribution in [2.45, 2.75) is 38.0 Å². The highest BCUT2D eigenvalue weighted by Gasteiger charge is 2.28. The molecule has 0 bridgehead atoms. The summed E-state index contributed by atoms with van der Waals surface area (Å²) in [5.41, 5.74) is 9.51. The quantitative estimate of drug-likeness (QED) is 0.401. The molecule has 1 aliphatic rings. The summed E-state index contributed by atoms with van der Waals surface area (Å²) in [5.74, 6) is -0.141. The van der Waals surface area contributed by atoms with E-state index in [9.17, 15) is 9.59 Å². The summed E-state index contributed by atoms with van der Waals surface area (Å²) in [6, 6.07) is 15.4. The zero-order valence-corrected chi connectivity index (χ0v) is 19.9. The van der Waals surface area contributed by atoms with Crippen LogP contribution in [0.4, 0.5) is 5.82 Å². The van der Waals surface area contributed by atoms with E-state index in [4.69, 9.17) is 28.9 Å². The van der Waals surface area contributed by atoms with Gasteiger partial charge in [0.15, 0.2) is 0 Å². The number of pyridine rings is 1. The van der Waals surface area contributed by atoms with Gasteiger partial charge in [-0.1, -0.05) is 59.6 Å². The minimum Gasteiger partial charge on any atom is -0.384 e. The zero-order chi connectivity index (χ0) is 24.1. The number of halogens is 2. The topological polar surface area (TPSA) is 109 Å². The second-order valence-corrected chi connectivity index (χ2v) is 9.04. The van der Waals surface area contributed by atoms with Gasteiger partial charge in [0.05, 0.1) is 16.1 Å². The molecule has 3 aromatic rings. The highest BCUT2D eigenvalue weighted by molar-refractivity contribution is 6.42. The second-order valence-electron chi connectivity index (χ2n) is 8.23. The van der Waals surface area contributed by atoms with Gasteiger partial charge in [-0.15, -0.1) is 0 Å². The van der Waals surface area contributed by atoms with Crippen molar-refractivity contribution < 1.29 is 9.59 Å². The van der Waals surface area contributed by atoms with E-state index in [0.29, 0.717) is 28.8 Å². The SMILES string of the molecule is Nc1ccc(CNC(=O)[C@@H](Cc2ccc(Cl)c(Cl)c2)NC(=O)[C@@H]2Cc3ccccc3CN2)cn1. The highest BCUT2D eigenvalue weighted by Crippen LogP contribution is 2.23. The smallest absolute Gasteiger partial charge is 0.243 e. The molecule has 2 atom stereocenters. The molecule has 1 aromatic heterocycles. The number of nitrogens with one attached hydrogen (secondary N) is 3. The fourth-order valence-electron chi connectivity index (χ4n) is 3.88. The lowest BCUT2D eigenvalue weighted by molar-refractivity contribution is -0.130. The van der Waals surface area contributed by atoms with E-state index in [0.717, 1.165) is 16.7 Å². The van der Waals surface area contributed by atoms with E-state index in [1.807, 2.05) is 24.3 Å². The fourth-order valence-corrected chi connectivity index (χ4v) is 4.20. The Kier molecular flexibility index (Phi) is 7.67. The predicted molar refractivity (Wildman–Crippen MR) is 133 cm³/mol. The summed E-state index contributed by atoms with van der Waals surface area (Å²) < 4.78 is 0. The van der Waals surface area contributed by atoms with Gasteiger partial charge in [-0.2, -0.15) is 0 Å². The van der Waals surface area contributed by atoms with Gasteiger partial charge in [0.2, 0.25) is 11.8 Å². The number of nitrogen functional groups attached to an aromatic ring is 1. The Morgan fingerprint density at radius 2 is 1.82 bits per heavy atom. The molecule has 0 unspecified atom stereocenters. The Hall–Kier alpha value is -3.13. The third-order valence-electron chi connectivity index (χ3n) is 5.77. The number of nitrogens with zero attached hydrogens (tertiary/aromatic N) is 1. The molecule has 0 fully saturated rings. The number of nitrogens with two attached hydrogens (primary N) is 1. The van der Waals surface area contributed by atoms with E-state index < -0.39 is 12.1 Å². The molecule has 0 radical (unpaired) electrons. The number of aromatic nitrogens is 1. The number of rotatable bonds is 7. The molecule has 0 saturated heterocycles. The average Bonchev–Trinajstić information content (AvgIpc) is 2.85. The Bertz CT molecular complexity index is 1190. The summed E-state index contributed by atoms with van der Waals surface area (Å²) in [5, 5.41) is 9.87. The van der Waals surface area contributed by atoms with Gasteiger partial charge in [0, 0.05) is 25.7 Å². The van der Waals surface area contributed by atoms with Gasteiger partial charge in [-0.05, 0) is 46.9 Å². The predicted octanol–water partition coefficient (Wildman–Crippen LogP) is 3.03. The van der Waals surface area contributed by atoms with Crippen molar-refractivity contribution in [3.05, 3.63) is 93.1 Å². The largest absolute Gasteiger partial charge is 0.384 e. The van der Waals surface area contributed by atoms with Crippen LogP contribution in [0.5, 0.6) is 0 Å². The van der Waals surface area contributed by atoms with Gasteiger partial charge < -0.3 is 21.7 Å².